The molecule has 6 nitrogen and oxygen atoms in total. The largest absolute Gasteiger partial charge is 0.479 e. The van der Waals surface area contributed by atoms with Gasteiger partial charge in [-0.3, -0.25) is 0 Å². The first kappa shape index (κ1) is 19.8. The number of benzene rings is 1. The average molecular weight is 349 g/mol. The average Bonchev–Trinajstić information content (AvgIpc) is 2.41. The first-order valence-electron chi connectivity index (χ1n) is 6.89. The van der Waals surface area contributed by atoms with Crippen molar-refractivity contribution in [3.63, 3.8) is 0 Å². The number of aliphatic carboxylic acids is 1. The standard InChI is InChI=1S/C15H18F3NO5/c1-14(2,3)24-13(23)19-10(11(20)12(21)22)8-5-4-6-9(7-8)15(16,17)18/h4-7,10-11,20H,1-3H3,(H,19,23)(H,21,22)/t10-,11-/m1/s1. The van der Waals surface area contributed by atoms with Gasteiger partial charge in [0.1, 0.15) is 5.60 Å². The molecule has 3 N–H and O–H groups in total. The number of alkyl halides is 3. The summed E-state index contributed by atoms with van der Waals surface area (Å²) in [6.45, 7) is 4.67. The summed E-state index contributed by atoms with van der Waals surface area (Å²) in [5.41, 5.74) is -2.16. The maximum Gasteiger partial charge on any atom is 0.416 e. The van der Waals surface area contributed by atoms with Crippen molar-refractivity contribution < 1.29 is 37.7 Å². The lowest BCUT2D eigenvalue weighted by molar-refractivity contribution is -0.148. The van der Waals surface area contributed by atoms with Crippen LogP contribution in [0.5, 0.6) is 0 Å². The topological polar surface area (TPSA) is 95.9 Å². The van der Waals surface area contributed by atoms with Crippen LogP contribution in [0.15, 0.2) is 24.3 Å². The van der Waals surface area contributed by atoms with Gasteiger partial charge in [-0.15, -0.1) is 0 Å². The van der Waals surface area contributed by atoms with E-state index in [1.165, 1.54) is 6.07 Å². The highest BCUT2D eigenvalue weighted by atomic mass is 19.4. The predicted octanol–water partition coefficient (Wildman–Crippen LogP) is 2.72. The maximum atomic E-state index is 12.8. The molecule has 1 aromatic carbocycles. The third kappa shape index (κ3) is 5.73. The molecule has 0 aliphatic rings. The molecule has 24 heavy (non-hydrogen) atoms. The van der Waals surface area contributed by atoms with Crippen molar-refractivity contribution in [1.82, 2.24) is 5.32 Å². The number of rotatable bonds is 4. The number of nitrogens with one attached hydrogen (secondary N) is 1. The number of aliphatic hydroxyl groups is 1. The van der Waals surface area contributed by atoms with Gasteiger partial charge in [0, 0.05) is 0 Å². The van der Waals surface area contributed by atoms with Crippen molar-refractivity contribution >= 4 is 12.1 Å². The Morgan fingerprint density at radius 3 is 2.25 bits per heavy atom. The zero-order valence-corrected chi connectivity index (χ0v) is 13.2. The summed E-state index contributed by atoms with van der Waals surface area (Å²) in [5, 5.41) is 20.7. The van der Waals surface area contributed by atoms with Crippen LogP contribution in [0.25, 0.3) is 0 Å². The molecule has 0 fully saturated rings. The summed E-state index contributed by atoms with van der Waals surface area (Å²) in [4.78, 5) is 22.8. The van der Waals surface area contributed by atoms with E-state index in [0.29, 0.717) is 6.07 Å². The Hall–Kier alpha value is -2.29. The van der Waals surface area contributed by atoms with E-state index in [-0.39, 0.29) is 5.56 Å². The fraction of sp³-hybridized carbons (Fsp3) is 0.467. The molecule has 0 aliphatic heterocycles. The van der Waals surface area contributed by atoms with E-state index < -0.39 is 41.5 Å². The first-order chi connectivity index (χ1) is 10.8. The third-order valence-corrected chi connectivity index (χ3v) is 2.81. The lowest BCUT2D eigenvalue weighted by atomic mass is 9.99. The molecule has 2 atom stereocenters. The number of amides is 1. The van der Waals surface area contributed by atoms with Crippen molar-refractivity contribution in [2.45, 2.75) is 44.7 Å². The van der Waals surface area contributed by atoms with Gasteiger partial charge in [0.05, 0.1) is 11.6 Å². The molecule has 0 bridgehead atoms. The molecule has 0 radical (unpaired) electrons. The predicted molar refractivity (Wildman–Crippen MR) is 77.2 cm³/mol. The Balaban J connectivity index is 3.16. The number of alkyl carbamates (subject to hydrolysis) is 1. The summed E-state index contributed by atoms with van der Waals surface area (Å²) in [5.74, 6) is -1.70. The second kappa shape index (κ2) is 7.08. The summed E-state index contributed by atoms with van der Waals surface area (Å²) < 4.78 is 43.3. The fourth-order valence-electron chi connectivity index (χ4n) is 1.83. The van der Waals surface area contributed by atoms with Crippen LogP contribution in [-0.2, 0) is 15.7 Å². The van der Waals surface area contributed by atoms with Crippen LogP contribution in [0.2, 0.25) is 0 Å². The van der Waals surface area contributed by atoms with Gasteiger partial charge in [-0.2, -0.15) is 13.2 Å². The van der Waals surface area contributed by atoms with E-state index in [1.807, 2.05) is 0 Å². The molecular formula is C15H18F3NO5. The normalized spacial score (nSPS) is 14.6. The van der Waals surface area contributed by atoms with E-state index in [9.17, 15) is 27.9 Å². The number of hydrogen-bond acceptors (Lipinski definition) is 4. The fourth-order valence-corrected chi connectivity index (χ4v) is 1.83. The van der Waals surface area contributed by atoms with Crippen molar-refractivity contribution in [2.24, 2.45) is 0 Å². The highest BCUT2D eigenvalue weighted by Gasteiger charge is 2.34. The van der Waals surface area contributed by atoms with Gasteiger partial charge in [0.15, 0.2) is 6.10 Å². The van der Waals surface area contributed by atoms with Crippen LogP contribution < -0.4 is 5.32 Å². The minimum absolute atomic E-state index is 0.217. The SMILES string of the molecule is CC(C)(C)OC(=O)N[C@H](c1cccc(C(F)(F)F)c1)[C@@H](O)C(=O)O. The minimum atomic E-state index is -4.65. The van der Waals surface area contributed by atoms with Crippen molar-refractivity contribution in [3.05, 3.63) is 35.4 Å². The van der Waals surface area contributed by atoms with E-state index >= 15 is 0 Å². The molecule has 0 saturated heterocycles. The Bertz CT molecular complexity index is 610. The number of carbonyl (C=O) groups is 2. The lowest BCUT2D eigenvalue weighted by Crippen LogP contribution is -2.42. The minimum Gasteiger partial charge on any atom is -0.479 e. The summed E-state index contributed by atoms with van der Waals surface area (Å²) in [7, 11) is 0. The Morgan fingerprint density at radius 1 is 1.21 bits per heavy atom. The van der Waals surface area contributed by atoms with Gasteiger partial charge < -0.3 is 20.3 Å². The number of carbonyl (C=O) groups excluding carboxylic acids is 1. The molecule has 9 heteroatoms. The van der Waals surface area contributed by atoms with E-state index in [2.05, 4.69) is 5.32 Å². The van der Waals surface area contributed by atoms with Crippen LogP contribution in [0.1, 0.15) is 37.9 Å². The van der Waals surface area contributed by atoms with Crippen molar-refractivity contribution in [3.8, 4) is 0 Å². The quantitative estimate of drug-likeness (QED) is 0.777. The van der Waals surface area contributed by atoms with Crippen LogP contribution in [0.3, 0.4) is 0 Å². The highest BCUT2D eigenvalue weighted by Crippen LogP contribution is 2.31. The van der Waals surface area contributed by atoms with Gasteiger partial charge in [0.2, 0.25) is 0 Å². The molecule has 0 saturated carbocycles. The van der Waals surface area contributed by atoms with Gasteiger partial charge in [0.25, 0.3) is 0 Å². The Labute approximate surface area is 136 Å². The van der Waals surface area contributed by atoms with E-state index in [4.69, 9.17) is 9.84 Å². The summed E-state index contributed by atoms with van der Waals surface area (Å²) in [6, 6.07) is 2.06. The van der Waals surface area contributed by atoms with Crippen LogP contribution in [0.4, 0.5) is 18.0 Å². The Kier molecular flexibility index (Phi) is 5.83. The second-order valence-corrected chi connectivity index (χ2v) is 6.03. The molecule has 0 spiro atoms. The molecule has 134 valence electrons. The summed E-state index contributed by atoms with van der Waals surface area (Å²) >= 11 is 0. The van der Waals surface area contributed by atoms with E-state index in [1.54, 1.807) is 20.8 Å². The Morgan fingerprint density at radius 2 is 1.79 bits per heavy atom. The number of hydrogen-bond donors (Lipinski definition) is 3. The van der Waals surface area contributed by atoms with Crippen molar-refractivity contribution in [1.29, 1.82) is 0 Å². The van der Waals surface area contributed by atoms with Gasteiger partial charge in [-0.25, -0.2) is 9.59 Å². The molecule has 0 heterocycles. The highest BCUT2D eigenvalue weighted by molar-refractivity contribution is 5.76. The lowest BCUT2D eigenvalue weighted by Gasteiger charge is -2.25. The van der Waals surface area contributed by atoms with Gasteiger partial charge in [-0.05, 0) is 38.5 Å². The smallest absolute Gasteiger partial charge is 0.416 e. The number of halogens is 3. The van der Waals surface area contributed by atoms with Crippen molar-refractivity contribution in [2.75, 3.05) is 0 Å². The zero-order chi connectivity index (χ0) is 18.7. The molecule has 1 aromatic rings. The molecule has 0 aliphatic carbocycles. The molecule has 0 aromatic heterocycles. The first-order valence-corrected chi connectivity index (χ1v) is 6.89. The monoisotopic (exact) mass is 349 g/mol. The summed E-state index contributed by atoms with van der Waals surface area (Å²) in [6.07, 6.45) is -7.87. The number of aliphatic hydroxyl groups excluding tert-OH is 1. The molecule has 0 unspecified atom stereocenters. The van der Waals surface area contributed by atoms with Crippen LogP contribution in [0, 0.1) is 0 Å². The molecular weight excluding hydrogens is 331 g/mol. The number of ether oxygens (including phenoxy) is 1. The zero-order valence-electron chi connectivity index (χ0n) is 13.2. The van der Waals surface area contributed by atoms with E-state index in [0.717, 1.165) is 12.1 Å². The second-order valence-electron chi connectivity index (χ2n) is 6.03. The van der Waals surface area contributed by atoms with Crippen LogP contribution in [-0.4, -0.2) is 34.0 Å². The van der Waals surface area contributed by atoms with Crippen LogP contribution >= 0.6 is 0 Å². The number of carboxylic acids is 1. The van der Waals surface area contributed by atoms with Gasteiger partial charge in [-0.1, -0.05) is 12.1 Å². The maximum absolute atomic E-state index is 12.8. The van der Waals surface area contributed by atoms with Gasteiger partial charge >= 0.3 is 18.2 Å². The number of carboxylic acid groups (broad SMARTS) is 1. The third-order valence-electron chi connectivity index (χ3n) is 2.81. The molecule has 1 amide bonds. The molecule has 1 rings (SSSR count).